The number of anilines is 1. The van der Waals surface area contributed by atoms with E-state index in [0.29, 0.717) is 5.69 Å². The number of rotatable bonds is 5. The van der Waals surface area contributed by atoms with Crippen molar-refractivity contribution >= 4 is 23.2 Å². The first-order valence-electron chi connectivity index (χ1n) is 8.46. The molecule has 1 aromatic carbocycles. The maximum absolute atomic E-state index is 12.5. The number of aromatic nitrogens is 1. The minimum Gasteiger partial charge on any atom is -0.385 e. The van der Waals surface area contributed by atoms with Crippen LogP contribution in [-0.4, -0.2) is 35.4 Å². The molecule has 126 valence electrons. The number of hydrogen-bond donors (Lipinski definition) is 1. The molecule has 1 amide bonds. The van der Waals surface area contributed by atoms with Crippen molar-refractivity contribution in [3.8, 4) is 0 Å². The van der Waals surface area contributed by atoms with Gasteiger partial charge >= 0.3 is 0 Å². The monoisotopic (exact) mass is 343 g/mol. The van der Waals surface area contributed by atoms with Crippen molar-refractivity contribution in [3.63, 3.8) is 0 Å². The first-order valence-corrected chi connectivity index (χ1v) is 8.84. The lowest BCUT2D eigenvalue weighted by molar-refractivity contribution is 0.0718. The minimum absolute atomic E-state index is 0.0354. The molecule has 1 aliphatic rings. The van der Waals surface area contributed by atoms with E-state index in [-0.39, 0.29) is 5.91 Å². The molecule has 0 unspecified atom stereocenters. The van der Waals surface area contributed by atoms with E-state index in [1.165, 1.54) is 12.0 Å². The van der Waals surface area contributed by atoms with Crippen LogP contribution in [0.15, 0.2) is 42.6 Å². The summed E-state index contributed by atoms with van der Waals surface area (Å²) >= 11 is 6.00. The summed E-state index contributed by atoms with van der Waals surface area (Å²) in [7, 11) is 0. The van der Waals surface area contributed by atoms with Gasteiger partial charge < -0.3 is 10.2 Å². The van der Waals surface area contributed by atoms with Crippen molar-refractivity contribution in [2.75, 3.05) is 25.0 Å². The number of carbonyl (C=O) groups excluding carboxylic acids is 1. The van der Waals surface area contributed by atoms with Gasteiger partial charge in [-0.05, 0) is 55.5 Å². The summed E-state index contributed by atoms with van der Waals surface area (Å²) in [5, 5.41) is 4.11. The Bertz CT molecular complexity index is 699. The summed E-state index contributed by atoms with van der Waals surface area (Å²) in [6.07, 6.45) is 5.95. The number of piperidine rings is 1. The third-order valence-electron chi connectivity index (χ3n) is 4.25. The lowest BCUT2D eigenvalue weighted by atomic mass is 10.1. The largest absolute Gasteiger partial charge is 0.385 e. The zero-order valence-corrected chi connectivity index (χ0v) is 14.4. The molecule has 5 heteroatoms. The number of nitrogens with one attached hydrogen (secondary N) is 1. The van der Waals surface area contributed by atoms with E-state index in [0.717, 1.165) is 49.6 Å². The minimum atomic E-state index is 0.0354. The van der Waals surface area contributed by atoms with Gasteiger partial charge in [-0.1, -0.05) is 23.7 Å². The second-order valence-corrected chi connectivity index (χ2v) is 6.53. The molecule has 0 bridgehead atoms. The Kier molecular flexibility index (Phi) is 5.70. The topological polar surface area (TPSA) is 45.2 Å². The average Bonchev–Trinajstić information content (AvgIpc) is 2.62. The second kappa shape index (κ2) is 8.15. The molecule has 1 N–H and O–H groups in total. The highest BCUT2D eigenvalue weighted by atomic mass is 35.5. The van der Waals surface area contributed by atoms with Gasteiger partial charge in [0.25, 0.3) is 5.91 Å². The maximum Gasteiger partial charge on any atom is 0.272 e. The van der Waals surface area contributed by atoms with Crippen LogP contribution < -0.4 is 5.32 Å². The molecule has 3 rings (SSSR count). The molecule has 1 saturated heterocycles. The Morgan fingerprint density at radius 3 is 2.79 bits per heavy atom. The molecule has 0 radical (unpaired) electrons. The van der Waals surface area contributed by atoms with E-state index >= 15 is 0 Å². The fourth-order valence-electron chi connectivity index (χ4n) is 2.96. The molecule has 1 aliphatic heterocycles. The molecule has 2 aromatic rings. The highest BCUT2D eigenvalue weighted by Crippen LogP contribution is 2.15. The van der Waals surface area contributed by atoms with Crippen molar-refractivity contribution in [1.82, 2.24) is 9.88 Å². The highest BCUT2D eigenvalue weighted by Gasteiger charge is 2.19. The lowest BCUT2D eigenvalue weighted by Gasteiger charge is -2.26. The van der Waals surface area contributed by atoms with E-state index in [1.54, 1.807) is 6.20 Å². The smallest absolute Gasteiger partial charge is 0.272 e. The first-order chi connectivity index (χ1) is 11.7. The summed E-state index contributed by atoms with van der Waals surface area (Å²) in [6.45, 7) is 2.46. The van der Waals surface area contributed by atoms with Crippen LogP contribution in [0.1, 0.15) is 35.3 Å². The van der Waals surface area contributed by atoms with E-state index in [2.05, 4.69) is 16.4 Å². The van der Waals surface area contributed by atoms with Crippen LogP contribution in [0, 0.1) is 0 Å². The number of carbonyl (C=O) groups is 1. The van der Waals surface area contributed by atoms with Crippen LogP contribution in [0.2, 0.25) is 5.02 Å². The second-order valence-electron chi connectivity index (χ2n) is 6.09. The third kappa shape index (κ3) is 4.48. The van der Waals surface area contributed by atoms with Crippen molar-refractivity contribution in [1.29, 1.82) is 0 Å². The summed E-state index contributed by atoms with van der Waals surface area (Å²) in [5.74, 6) is 0.0354. The molecular formula is C19H22ClN3O. The quantitative estimate of drug-likeness (QED) is 0.892. The molecular weight excluding hydrogens is 322 g/mol. The Morgan fingerprint density at radius 2 is 2.00 bits per heavy atom. The Morgan fingerprint density at radius 1 is 1.17 bits per heavy atom. The zero-order chi connectivity index (χ0) is 16.8. The Balaban J connectivity index is 1.57. The molecule has 0 saturated carbocycles. The van der Waals surface area contributed by atoms with Crippen LogP contribution >= 0.6 is 11.6 Å². The summed E-state index contributed by atoms with van der Waals surface area (Å²) in [6, 6.07) is 11.6. The number of amides is 1. The number of pyridine rings is 1. The van der Waals surface area contributed by atoms with Crippen molar-refractivity contribution in [2.24, 2.45) is 0 Å². The molecule has 0 spiro atoms. The number of halogens is 1. The molecule has 1 aromatic heterocycles. The van der Waals surface area contributed by atoms with Gasteiger partial charge in [0.05, 0.1) is 0 Å². The van der Waals surface area contributed by atoms with Gasteiger partial charge in [-0.25, -0.2) is 0 Å². The van der Waals surface area contributed by atoms with E-state index < -0.39 is 0 Å². The molecule has 0 aliphatic carbocycles. The first kappa shape index (κ1) is 16.8. The molecule has 1 fully saturated rings. The van der Waals surface area contributed by atoms with Crippen LogP contribution in [-0.2, 0) is 6.42 Å². The van der Waals surface area contributed by atoms with E-state index in [4.69, 9.17) is 11.6 Å². The van der Waals surface area contributed by atoms with Gasteiger partial charge in [-0.2, -0.15) is 0 Å². The predicted octanol–water partition coefficient (Wildman–Crippen LogP) is 4.02. The third-order valence-corrected chi connectivity index (χ3v) is 4.49. The fraction of sp³-hybridized carbons (Fsp3) is 0.368. The maximum atomic E-state index is 12.5. The van der Waals surface area contributed by atoms with Gasteiger partial charge in [0, 0.05) is 36.5 Å². The Hall–Kier alpha value is -2.07. The molecule has 4 nitrogen and oxygen atoms in total. The molecule has 24 heavy (non-hydrogen) atoms. The summed E-state index contributed by atoms with van der Waals surface area (Å²) in [4.78, 5) is 18.7. The molecule has 0 atom stereocenters. The predicted molar refractivity (Wildman–Crippen MR) is 97.6 cm³/mol. The van der Waals surface area contributed by atoms with Crippen LogP contribution in [0.5, 0.6) is 0 Å². The van der Waals surface area contributed by atoms with Crippen LogP contribution in [0.25, 0.3) is 0 Å². The van der Waals surface area contributed by atoms with E-state index in [1.807, 2.05) is 35.2 Å². The number of nitrogens with zero attached hydrogens (tertiary/aromatic N) is 2. The van der Waals surface area contributed by atoms with Crippen molar-refractivity contribution in [3.05, 3.63) is 58.9 Å². The highest BCUT2D eigenvalue weighted by molar-refractivity contribution is 6.30. The van der Waals surface area contributed by atoms with Gasteiger partial charge in [0.15, 0.2) is 0 Å². The van der Waals surface area contributed by atoms with Gasteiger partial charge in [-0.3, -0.25) is 9.78 Å². The summed E-state index contributed by atoms with van der Waals surface area (Å²) < 4.78 is 0. The van der Waals surface area contributed by atoms with Crippen LogP contribution in [0.3, 0.4) is 0 Å². The standard InChI is InChI=1S/C19H22ClN3O/c20-16-6-4-5-15(13-16)7-9-21-17-8-10-22-18(14-17)19(24)23-11-2-1-3-12-23/h4-6,8,10,13-14H,1-3,7,9,11-12H2,(H,21,22). The zero-order valence-electron chi connectivity index (χ0n) is 13.7. The van der Waals surface area contributed by atoms with Gasteiger partial charge in [0.2, 0.25) is 0 Å². The van der Waals surface area contributed by atoms with Crippen molar-refractivity contribution < 1.29 is 4.79 Å². The number of hydrogen-bond acceptors (Lipinski definition) is 3. The molecule has 2 heterocycles. The van der Waals surface area contributed by atoms with E-state index in [9.17, 15) is 4.79 Å². The van der Waals surface area contributed by atoms with Gasteiger partial charge in [0.1, 0.15) is 5.69 Å². The SMILES string of the molecule is O=C(c1cc(NCCc2cccc(Cl)c2)ccn1)N1CCCCC1. The summed E-state index contributed by atoms with van der Waals surface area (Å²) in [5.41, 5.74) is 2.63. The Labute approximate surface area is 147 Å². The lowest BCUT2D eigenvalue weighted by Crippen LogP contribution is -2.36. The average molecular weight is 344 g/mol. The number of benzene rings is 1. The normalized spacial score (nSPS) is 14.5. The van der Waals surface area contributed by atoms with Crippen LogP contribution in [0.4, 0.5) is 5.69 Å². The van der Waals surface area contributed by atoms with Gasteiger partial charge in [-0.15, -0.1) is 0 Å². The van der Waals surface area contributed by atoms with Crippen molar-refractivity contribution in [2.45, 2.75) is 25.7 Å². The fourth-order valence-corrected chi connectivity index (χ4v) is 3.17. The number of likely N-dealkylation sites (tertiary alicyclic amines) is 1.